The van der Waals surface area contributed by atoms with Gasteiger partial charge in [-0.25, -0.2) is 4.79 Å². The predicted octanol–water partition coefficient (Wildman–Crippen LogP) is 5.37. The second-order valence-electron chi connectivity index (χ2n) is 8.63. The highest BCUT2D eigenvalue weighted by Gasteiger charge is 2.27. The maximum atomic E-state index is 12.8. The van der Waals surface area contributed by atoms with Crippen LogP contribution in [0.3, 0.4) is 0 Å². The van der Waals surface area contributed by atoms with E-state index in [0.29, 0.717) is 28.2 Å². The molecule has 36 heavy (non-hydrogen) atoms. The molecule has 1 atom stereocenters. The van der Waals surface area contributed by atoms with Crippen molar-refractivity contribution in [2.45, 2.75) is 64.1 Å². The van der Waals surface area contributed by atoms with Crippen molar-refractivity contribution in [2.24, 2.45) is 7.05 Å². The highest BCUT2D eigenvalue weighted by Crippen LogP contribution is 2.38. The number of hydrogen-bond acceptors (Lipinski definition) is 8. The fourth-order valence-electron chi connectivity index (χ4n) is 4.23. The summed E-state index contributed by atoms with van der Waals surface area (Å²) >= 11 is 2.78. The van der Waals surface area contributed by atoms with Crippen molar-refractivity contribution in [3.8, 4) is 5.75 Å². The number of carbonyl (C=O) groups excluding carboxylic acids is 2. The molecule has 10 heteroatoms. The zero-order valence-corrected chi connectivity index (χ0v) is 22.8. The van der Waals surface area contributed by atoms with Gasteiger partial charge in [-0.05, 0) is 69.2 Å². The number of nitrogens with zero attached hydrogens (tertiary/aromatic N) is 3. The summed E-state index contributed by atoms with van der Waals surface area (Å²) in [6.07, 6.45) is 4.59. The highest BCUT2D eigenvalue weighted by molar-refractivity contribution is 7.99. The first kappa shape index (κ1) is 26.2. The number of amides is 1. The van der Waals surface area contributed by atoms with E-state index >= 15 is 0 Å². The summed E-state index contributed by atoms with van der Waals surface area (Å²) in [6.45, 7) is 6.13. The van der Waals surface area contributed by atoms with E-state index < -0.39 is 0 Å². The van der Waals surface area contributed by atoms with E-state index in [-0.39, 0.29) is 23.7 Å². The number of anilines is 1. The largest absolute Gasteiger partial charge is 0.483 e. The third-order valence-corrected chi connectivity index (χ3v) is 8.34. The number of hydrogen-bond donors (Lipinski definition) is 1. The highest BCUT2D eigenvalue weighted by atomic mass is 32.2. The molecular weight excluding hydrogens is 496 g/mol. The maximum Gasteiger partial charge on any atom is 0.341 e. The Labute approximate surface area is 219 Å². The van der Waals surface area contributed by atoms with Crippen molar-refractivity contribution >= 4 is 40.0 Å². The van der Waals surface area contributed by atoms with E-state index in [1.807, 2.05) is 30.7 Å². The SMILES string of the molecule is CCOC(=O)c1c(NC(=O)CSc2nnc([C@H](C)Oc3ccc(CC)cc3)n2C)sc2c1CCCC2. The molecule has 1 amide bonds. The average Bonchev–Trinajstić information content (AvgIpc) is 3.43. The van der Waals surface area contributed by atoms with Crippen LogP contribution in [0, 0.1) is 0 Å². The van der Waals surface area contributed by atoms with Gasteiger partial charge in [0, 0.05) is 11.9 Å². The van der Waals surface area contributed by atoms with E-state index in [4.69, 9.17) is 9.47 Å². The van der Waals surface area contributed by atoms with Crippen LogP contribution >= 0.6 is 23.1 Å². The van der Waals surface area contributed by atoms with E-state index in [1.54, 1.807) is 6.92 Å². The molecule has 2 heterocycles. The van der Waals surface area contributed by atoms with Gasteiger partial charge in [0.25, 0.3) is 0 Å². The first-order valence-corrected chi connectivity index (χ1v) is 14.1. The maximum absolute atomic E-state index is 12.8. The van der Waals surface area contributed by atoms with E-state index in [2.05, 4.69) is 34.6 Å². The summed E-state index contributed by atoms with van der Waals surface area (Å²) in [6, 6.07) is 8.02. The van der Waals surface area contributed by atoms with Gasteiger partial charge in [0.2, 0.25) is 5.91 Å². The van der Waals surface area contributed by atoms with Crippen molar-refractivity contribution in [3.63, 3.8) is 0 Å². The lowest BCUT2D eigenvalue weighted by Crippen LogP contribution is -2.17. The van der Waals surface area contributed by atoms with Crippen LogP contribution < -0.4 is 10.1 Å². The molecule has 3 aromatic rings. The zero-order chi connectivity index (χ0) is 25.7. The van der Waals surface area contributed by atoms with Gasteiger partial charge in [-0.2, -0.15) is 0 Å². The summed E-state index contributed by atoms with van der Waals surface area (Å²) in [5.41, 5.74) is 2.81. The minimum absolute atomic E-state index is 0.143. The van der Waals surface area contributed by atoms with Crippen molar-refractivity contribution in [2.75, 3.05) is 17.7 Å². The number of nitrogens with one attached hydrogen (secondary N) is 1. The molecule has 4 rings (SSSR count). The lowest BCUT2D eigenvalue weighted by atomic mass is 9.95. The number of thiophene rings is 1. The predicted molar refractivity (Wildman–Crippen MR) is 142 cm³/mol. The molecule has 0 saturated heterocycles. The summed E-state index contributed by atoms with van der Waals surface area (Å²) in [5.74, 6) is 1.02. The molecular formula is C26H32N4O4S2. The third-order valence-electron chi connectivity index (χ3n) is 6.11. The number of ether oxygens (including phenoxy) is 2. The Morgan fingerprint density at radius 3 is 2.64 bits per heavy atom. The first-order valence-electron chi connectivity index (χ1n) is 12.3. The molecule has 0 aliphatic heterocycles. The molecule has 0 spiro atoms. The average molecular weight is 529 g/mol. The fourth-order valence-corrected chi connectivity index (χ4v) is 6.24. The number of aryl methyl sites for hydroxylation is 2. The Kier molecular flexibility index (Phi) is 8.68. The van der Waals surface area contributed by atoms with Gasteiger partial charge in [0.1, 0.15) is 10.8 Å². The monoisotopic (exact) mass is 528 g/mol. The number of aromatic nitrogens is 3. The normalized spacial score (nSPS) is 13.7. The lowest BCUT2D eigenvalue weighted by molar-refractivity contribution is -0.113. The Bertz CT molecular complexity index is 1220. The van der Waals surface area contributed by atoms with Crippen molar-refractivity contribution in [1.82, 2.24) is 14.8 Å². The van der Waals surface area contributed by atoms with Crippen molar-refractivity contribution in [1.29, 1.82) is 0 Å². The Morgan fingerprint density at radius 1 is 1.17 bits per heavy atom. The standard InChI is InChI=1S/C26H32N4O4S2/c1-5-17-11-13-18(14-12-17)34-16(3)23-28-29-26(30(23)4)35-15-21(31)27-24-22(25(32)33-6-2)19-9-7-8-10-20(19)36-24/h11-14,16H,5-10,15H2,1-4H3,(H,27,31)/t16-/m0/s1. The molecule has 1 N–H and O–H groups in total. The third kappa shape index (κ3) is 5.92. The van der Waals surface area contributed by atoms with Crippen LogP contribution in [0.25, 0.3) is 0 Å². The number of fused-ring (bicyclic) bond motifs is 1. The molecule has 1 aromatic carbocycles. The zero-order valence-electron chi connectivity index (χ0n) is 21.1. The number of esters is 1. The summed E-state index contributed by atoms with van der Waals surface area (Å²) in [7, 11) is 1.86. The van der Waals surface area contributed by atoms with Crippen molar-refractivity contribution in [3.05, 3.63) is 51.7 Å². The number of rotatable bonds is 10. The molecule has 0 fully saturated rings. The van der Waals surface area contributed by atoms with E-state index in [0.717, 1.165) is 43.4 Å². The second-order valence-corrected chi connectivity index (χ2v) is 10.7. The molecule has 2 aromatic heterocycles. The van der Waals surface area contributed by atoms with Crippen LogP contribution in [-0.2, 0) is 35.8 Å². The van der Waals surface area contributed by atoms with Gasteiger partial charge in [-0.1, -0.05) is 30.8 Å². The van der Waals surface area contributed by atoms with E-state index in [1.165, 1.54) is 33.5 Å². The second kappa shape index (κ2) is 11.9. The minimum Gasteiger partial charge on any atom is -0.483 e. The molecule has 0 saturated carbocycles. The van der Waals surface area contributed by atoms with Gasteiger partial charge in [0.15, 0.2) is 17.1 Å². The Hall–Kier alpha value is -2.85. The van der Waals surface area contributed by atoms with Gasteiger partial charge >= 0.3 is 5.97 Å². The quantitative estimate of drug-likeness (QED) is 0.279. The van der Waals surface area contributed by atoms with Crippen molar-refractivity contribution < 1.29 is 19.1 Å². The summed E-state index contributed by atoms with van der Waals surface area (Å²) in [4.78, 5) is 26.6. The van der Waals surface area contributed by atoms with Crippen LogP contribution in [0.15, 0.2) is 29.4 Å². The van der Waals surface area contributed by atoms with Gasteiger partial charge < -0.3 is 19.4 Å². The van der Waals surface area contributed by atoms with Gasteiger partial charge in [-0.3, -0.25) is 4.79 Å². The molecule has 8 nitrogen and oxygen atoms in total. The van der Waals surface area contributed by atoms with E-state index in [9.17, 15) is 9.59 Å². The lowest BCUT2D eigenvalue weighted by Gasteiger charge is -2.14. The molecule has 1 aliphatic carbocycles. The molecule has 1 aliphatic rings. The van der Waals surface area contributed by atoms with Crippen LogP contribution in [0.5, 0.6) is 5.75 Å². The molecule has 0 bridgehead atoms. The molecule has 0 unspecified atom stereocenters. The first-order chi connectivity index (χ1) is 17.4. The Morgan fingerprint density at radius 2 is 1.92 bits per heavy atom. The number of carbonyl (C=O) groups is 2. The minimum atomic E-state index is -0.365. The van der Waals surface area contributed by atoms with Crippen LogP contribution in [0.2, 0.25) is 0 Å². The van der Waals surface area contributed by atoms with Gasteiger partial charge in [0.05, 0.1) is 17.9 Å². The molecule has 192 valence electrons. The molecule has 0 radical (unpaired) electrons. The van der Waals surface area contributed by atoms with Crippen LogP contribution in [0.4, 0.5) is 5.00 Å². The summed E-state index contributed by atoms with van der Waals surface area (Å²) < 4.78 is 13.2. The number of thioether (sulfide) groups is 1. The van der Waals surface area contributed by atoms with Crippen LogP contribution in [-0.4, -0.2) is 39.0 Å². The van der Waals surface area contributed by atoms with Gasteiger partial charge in [-0.15, -0.1) is 21.5 Å². The Balaban J connectivity index is 1.39. The fraction of sp³-hybridized carbons (Fsp3) is 0.462. The topological polar surface area (TPSA) is 95.3 Å². The smallest absolute Gasteiger partial charge is 0.341 e. The number of benzene rings is 1. The van der Waals surface area contributed by atoms with Crippen LogP contribution in [0.1, 0.15) is 71.9 Å². The summed E-state index contributed by atoms with van der Waals surface area (Å²) in [5, 5.41) is 12.7.